The highest BCUT2D eigenvalue weighted by atomic mass is 32.1. The van der Waals surface area contributed by atoms with Gasteiger partial charge < -0.3 is 58.3 Å². The minimum atomic E-state index is -1.46. The van der Waals surface area contributed by atoms with E-state index >= 15 is 0 Å². The Morgan fingerprint density at radius 2 is 1.30 bits per heavy atom. The molecular formula is C46H60N8O11S. The van der Waals surface area contributed by atoms with E-state index in [9.17, 15) is 53.7 Å². The first-order chi connectivity index (χ1) is 31.5. The van der Waals surface area contributed by atoms with Crippen LogP contribution in [0.4, 0.5) is 5.69 Å². The van der Waals surface area contributed by atoms with Gasteiger partial charge in [0.15, 0.2) is 0 Å². The number of anilines is 1. The molecule has 20 heteroatoms. The largest absolute Gasteiger partial charge is 0.508 e. The number of aliphatic carboxylic acids is 1. The molecule has 3 aromatic rings. The Bertz CT molecular complexity index is 2160. The third-order valence-electron chi connectivity index (χ3n) is 11.1. The first-order valence-electron chi connectivity index (χ1n) is 21.8. The zero-order chi connectivity index (χ0) is 48.3. The lowest BCUT2D eigenvalue weighted by atomic mass is 9.96. The molecule has 7 atom stereocenters. The molecule has 2 bridgehead atoms. The lowest BCUT2D eigenvalue weighted by Crippen LogP contribution is -2.61. The highest BCUT2D eigenvalue weighted by Crippen LogP contribution is 2.17. The second kappa shape index (κ2) is 25.7. The molecular weight excluding hydrogens is 873 g/mol. The number of phenolic OH excluding ortho intramolecular Hbond substituents is 2. The number of carboxylic acid groups (broad SMARTS) is 1. The summed E-state index contributed by atoms with van der Waals surface area (Å²) < 4.78 is 0. The van der Waals surface area contributed by atoms with E-state index in [1.807, 2.05) is 0 Å². The van der Waals surface area contributed by atoms with Gasteiger partial charge in [0.05, 0.1) is 0 Å². The molecule has 0 aromatic heterocycles. The highest BCUT2D eigenvalue weighted by molar-refractivity contribution is 7.80. The topological polar surface area (TPSA) is 307 Å². The zero-order valence-corrected chi connectivity index (χ0v) is 37.8. The Morgan fingerprint density at radius 3 is 1.89 bits per heavy atom. The molecule has 0 radical (unpaired) electrons. The van der Waals surface area contributed by atoms with Crippen LogP contribution in [0.1, 0.15) is 69.1 Å². The fourth-order valence-electron chi connectivity index (χ4n) is 7.02. The Labute approximate surface area is 388 Å². The van der Waals surface area contributed by atoms with Gasteiger partial charge in [-0.2, -0.15) is 12.6 Å². The number of nitrogens with one attached hydrogen (secondary N) is 7. The van der Waals surface area contributed by atoms with E-state index in [0.717, 1.165) is 0 Å². The van der Waals surface area contributed by atoms with Crippen molar-refractivity contribution in [2.75, 3.05) is 17.6 Å². The minimum absolute atomic E-state index is 0.0380. The number of aromatic hydroxyl groups is 2. The third-order valence-corrected chi connectivity index (χ3v) is 11.5. The second-order valence-corrected chi connectivity index (χ2v) is 16.6. The standard InChI is InChI=1S/C46H60N8O11S/c1-3-26(2)40-45(63)52-35(23-28-9-15-31(55)16-10-28)42(60)50-33(6-4-5-21-47)41(59)51-34(43(61)53-36(46(64)65)24-29-11-17-32(56)18-12-29)22-27-7-13-30(14-8-27)48-38(57)19-20-39(58)49-37(25-66)44(62)54-40/h7-18,26,33-37,40,55-56,66H,3-6,19-25,47H2,1-2H3,(H,48,57)(H,49,58)(H,50,60)(H,51,59)(H,52,63)(H,53,61)(H,54,62)(H,64,65)/t26-,33-,34-,35+,36-,37-,40-/m0/s1. The van der Waals surface area contributed by atoms with Crippen LogP contribution >= 0.6 is 12.6 Å². The summed E-state index contributed by atoms with van der Waals surface area (Å²) in [7, 11) is 0. The van der Waals surface area contributed by atoms with E-state index in [1.54, 1.807) is 50.2 Å². The number of hydrogen-bond acceptors (Lipinski definition) is 12. The molecule has 5 rings (SSSR count). The number of carbonyl (C=O) groups is 8. The number of carboxylic acids is 1. The summed E-state index contributed by atoms with van der Waals surface area (Å²) in [6.45, 7) is 3.77. The van der Waals surface area contributed by atoms with E-state index in [2.05, 4.69) is 49.8 Å². The summed E-state index contributed by atoms with van der Waals surface area (Å²) in [5.41, 5.74) is 7.62. The fraction of sp³-hybridized carbons (Fsp3) is 0.435. The lowest BCUT2D eigenvalue weighted by molar-refractivity contribution is -0.142. The van der Waals surface area contributed by atoms with Crippen LogP contribution in [0.5, 0.6) is 11.5 Å². The smallest absolute Gasteiger partial charge is 0.326 e. The van der Waals surface area contributed by atoms with Crippen molar-refractivity contribution in [1.82, 2.24) is 31.9 Å². The number of fused-ring (bicyclic) bond motifs is 21. The molecule has 0 saturated heterocycles. The number of rotatable bonds is 14. The van der Waals surface area contributed by atoms with Crippen LogP contribution < -0.4 is 43.0 Å². The van der Waals surface area contributed by atoms with Gasteiger partial charge in [0, 0.05) is 43.5 Å². The molecule has 66 heavy (non-hydrogen) atoms. The van der Waals surface area contributed by atoms with E-state index in [0.29, 0.717) is 41.6 Å². The van der Waals surface area contributed by atoms with Crippen molar-refractivity contribution in [2.24, 2.45) is 11.7 Å². The fourth-order valence-corrected chi connectivity index (χ4v) is 7.28. The van der Waals surface area contributed by atoms with Crippen molar-refractivity contribution in [1.29, 1.82) is 0 Å². The molecule has 12 N–H and O–H groups in total. The summed E-state index contributed by atoms with van der Waals surface area (Å²) in [5.74, 6) is -7.18. The van der Waals surface area contributed by atoms with Gasteiger partial charge in [0.2, 0.25) is 41.4 Å². The van der Waals surface area contributed by atoms with Gasteiger partial charge in [-0.25, -0.2) is 4.79 Å². The van der Waals surface area contributed by atoms with E-state index in [-0.39, 0.29) is 62.3 Å². The molecule has 2 aliphatic rings. The maximum absolute atomic E-state index is 14.4. The van der Waals surface area contributed by atoms with Gasteiger partial charge >= 0.3 is 5.97 Å². The molecule has 0 fully saturated rings. The summed E-state index contributed by atoms with van der Waals surface area (Å²) in [5, 5.41) is 48.4. The molecule has 19 nitrogen and oxygen atoms in total. The van der Waals surface area contributed by atoms with E-state index in [1.165, 1.54) is 36.4 Å². The molecule has 2 heterocycles. The number of carbonyl (C=O) groups excluding carboxylic acids is 7. The SMILES string of the molecule is CC[C@H](C)[C@@H]1NC(=O)[C@H](CS)NC(=O)CCC(=O)Nc2ccc(cc2)C[C@@H](C(=O)N[C@@H](Cc2ccc(O)cc2)C(=O)O)NC(=O)[C@H](CCCCN)NC(=O)[C@@H](Cc2ccc(O)cc2)NC1=O. The first-order valence-corrected chi connectivity index (χ1v) is 22.4. The van der Waals surface area contributed by atoms with Gasteiger partial charge in [0.25, 0.3) is 0 Å². The monoisotopic (exact) mass is 932 g/mol. The number of phenols is 2. The van der Waals surface area contributed by atoms with Gasteiger partial charge in [0.1, 0.15) is 47.8 Å². The predicted octanol–water partition coefficient (Wildman–Crippen LogP) is 0.956. The second-order valence-electron chi connectivity index (χ2n) is 16.2. The van der Waals surface area contributed by atoms with Crippen molar-refractivity contribution in [3.63, 3.8) is 0 Å². The van der Waals surface area contributed by atoms with Crippen LogP contribution in [0.15, 0.2) is 72.8 Å². The molecule has 7 amide bonds. The lowest BCUT2D eigenvalue weighted by Gasteiger charge is -2.29. The minimum Gasteiger partial charge on any atom is -0.508 e. The van der Waals surface area contributed by atoms with E-state index in [4.69, 9.17) is 5.73 Å². The highest BCUT2D eigenvalue weighted by Gasteiger charge is 2.35. The summed E-state index contributed by atoms with van der Waals surface area (Å²) in [6, 6.07) is 9.96. The van der Waals surface area contributed by atoms with Crippen LogP contribution in [-0.4, -0.2) is 111 Å². The number of hydrogen-bond donors (Lipinski definition) is 12. The van der Waals surface area contributed by atoms with Crippen LogP contribution in [0.3, 0.4) is 0 Å². The van der Waals surface area contributed by atoms with Crippen molar-refractivity contribution >= 4 is 65.6 Å². The molecule has 0 spiro atoms. The quantitative estimate of drug-likeness (QED) is 0.0612. The molecule has 0 unspecified atom stereocenters. The van der Waals surface area contributed by atoms with Crippen LogP contribution in [0.2, 0.25) is 0 Å². The number of nitrogens with two attached hydrogens (primary N) is 1. The third kappa shape index (κ3) is 16.4. The molecule has 0 saturated carbocycles. The van der Waals surface area contributed by atoms with Crippen LogP contribution in [0, 0.1) is 5.92 Å². The van der Waals surface area contributed by atoms with Crippen LogP contribution in [0.25, 0.3) is 0 Å². The normalized spacial score (nSPS) is 21.4. The Morgan fingerprint density at radius 1 is 0.727 bits per heavy atom. The number of benzene rings is 3. The van der Waals surface area contributed by atoms with Gasteiger partial charge in [-0.15, -0.1) is 0 Å². The number of thiol groups is 1. The van der Waals surface area contributed by atoms with Gasteiger partial charge in [-0.1, -0.05) is 56.7 Å². The first kappa shape index (κ1) is 52.0. The molecule has 0 aliphatic carbocycles. The maximum Gasteiger partial charge on any atom is 0.326 e. The average molecular weight is 933 g/mol. The summed E-state index contributed by atoms with van der Waals surface area (Å²) >= 11 is 4.24. The van der Waals surface area contributed by atoms with Crippen molar-refractivity contribution < 1.29 is 53.7 Å². The Hall–Kier alpha value is -6.67. The maximum atomic E-state index is 14.4. The Kier molecular flexibility index (Phi) is 20.3. The van der Waals surface area contributed by atoms with E-state index < -0.39 is 89.5 Å². The predicted molar refractivity (Wildman–Crippen MR) is 247 cm³/mol. The molecule has 356 valence electrons. The van der Waals surface area contributed by atoms with Gasteiger partial charge in [-0.3, -0.25) is 33.6 Å². The van der Waals surface area contributed by atoms with Crippen molar-refractivity contribution in [2.45, 2.75) is 108 Å². The summed E-state index contributed by atoms with van der Waals surface area (Å²) in [6.07, 6.45) is 0.247. The van der Waals surface area contributed by atoms with Gasteiger partial charge in [-0.05, 0) is 84.8 Å². The molecule has 2 aliphatic heterocycles. The number of amides is 7. The van der Waals surface area contributed by atoms with Crippen molar-refractivity contribution in [3.8, 4) is 11.5 Å². The Balaban J connectivity index is 1.75. The van der Waals surface area contributed by atoms with Crippen molar-refractivity contribution in [3.05, 3.63) is 89.5 Å². The summed E-state index contributed by atoms with van der Waals surface area (Å²) in [4.78, 5) is 109. The number of unbranched alkanes of at least 4 members (excludes halogenated alkanes) is 1. The zero-order valence-electron chi connectivity index (χ0n) is 36.9. The van der Waals surface area contributed by atoms with Crippen LogP contribution in [-0.2, 0) is 57.6 Å². The average Bonchev–Trinajstić information content (AvgIpc) is 3.29. The molecule has 3 aromatic carbocycles.